The van der Waals surface area contributed by atoms with Crippen molar-refractivity contribution in [1.82, 2.24) is 9.97 Å². The maximum absolute atomic E-state index is 11.1. The van der Waals surface area contributed by atoms with Crippen LogP contribution in [0.25, 0.3) is 0 Å². The highest BCUT2D eigenvalue weighted by Crippen LogP contribution is 2.27. The minimum atomic E-state index is -0.698. The van der Waals surface area contributed by atoms with E-state index in [1.54, 1.807) is 11.8 Å². The molecule has 0 saturated carbocycles. The van der Waals surface area contributed by atoms with Crippen molar-refractivity contribution in [1.29, 1.82) is 0 Å². The van der Waals surface area contributed by atoms with E-state index in [1.165, 1.54) is 6.33 Å². The van der Waals surface area contributed by atoms with Crippen LogP contribution in [0.2, 0.25) is 0 Å². The fraction of sp³-hybridized carbons (Fsp3) is 0.500. The van der Waals surface area contributed by atoms with E-state index in [0.29, 0.717) is 18.9 Å². The quantitative estimate of drug-likeness (QED) is 0.531. The van der Waals surface area contributed by atoms with Crippen LogP contribution in [0.1, 0.15) is 6.92 Å². The van der Waals surface area contributed by atoms with Crippen LogP contribution in [-0.4, -0.2) is 33.8 Å². The van der Waals surface area contributed by atoms with Crippen molar-refractivity contribution < 1.29 is 5.11 Å². The molecule has 0 spiro atoms. The van der Waals surface area contributed by atoms with Crippen LogP contribution >= 0.6 is 0 Å². The largest absolute Gasteiger partial charge is 0.391 e. The van der Waals surface area contributed by atoms with E-state index in [4.69, 9.17) is 5.73 Å². The summed E-state index contributed by atoms with van der Waals surface area (Å²) < 4.78 is 0. The average Bonchev–Trinajstić information content (AvgIpc) is 2.06. The predicted molar refractivity (Wildman–Crippen MR) is 52.1 cm³/mol. The number of nitrogens with one attached hydrogen (secondary N) is 1. The summed E-state index contributed by atoms with van der Waals surface area (Å²) in [7, 11) is 0. The highest BCUT2D eigenvalue weighted by molar-refractivity contribution is 5.62. The Bertz CT molecular complexity index is 404. The zero-order chi connectivity index (χ0) is 10.3. The molecule has 6 heteroatoms. The van der Waals surface area contributed by atoms with Crippen molar-refractivity contribution in [3.63, 3.8) is 0 Å². The lowest BCUT2D eigenvalue weighted by Gasteiger charge is -2.45. The molecule has 1 aliphatic rings. The van der Waals surface area contributed by atoms with Gasteiger partial charge in [0, 0.05) is 13.1 Å². The van der Waals surface area contributed by atoms with Gasteiger partial charge in [-0.3, -0.25) is 4.79 Å². The van der Waals surface area contributed by atoms with Gasteiger partial charge in [0.05, 0.1) is 11.9 Å². The van der Waals surface area contributed by atoms with Crippen molar-refractivity contribution in [3.05, 3.63) is 16.7 Å². The number of H-pyrrole nitrogens is 1. The highest BCUT2D eigenvalue weighted by atomic mass is 16.3. The molecule has 14 heavy (non-hydrogen) atoms. The molecule has 0 bridgehead atoms. The number of anilines is 2. The third-order valence-corrected chi connectivity index (χ3v) is 2.23. The van der Waals surface area contributed by atoms with Crippen LogP contribution in [-0.2, 0) is 0 Å². The summed E-state index contributed by atoms with van der Waals surface area (Å²) in [6, 6.07) is 0. The number of aromatic nitrogens is 2. The molecule has 0 unspecified atom stereocenters. The molecular formula is C8H12N4O2. The molecule has 1 fully saturated rings. The summed E-state index contributed by atoms with van der Waals surface area (Å²) >= 11 is 0. The number of aromatic amines is 1. The first kappa shape index (κ1) is 9.01. The molecule has 2 heterocycles. The molecule has 0 amide bonds. The van der Waals surface area contributed by atoms with Gasteiger partial charge in [-0.15, -0.1) is 0 Å². The molecule has 2 rings (SSSR count). The number of hydrogen-bond donors (Lipinski definition) is 3. The number of β-amino-alcohol motifs (C(OH)–C–C–N with tert-alkyl or cyclic N) is 1. The predicted octanol–water partition coefficient (Wildman–Crippen LogP) is -1.08. The zero-order valence-electron chi connectivity index (χ0n) is 7.82. The van der Waals surface area contributed by atoms with Gasteiger partial charge in [-0.25, -0.2) is 4.98 Å². The van der Waals surface area contributed by atoms with E-state index in [9.17, 15) is 9.90 Å². The molecular weight excluding hydrogens is 184 g/mol. The van der Waals surface area contributed by atoms with Gasteiger partial charge in [-0.2, -0.15) is 0 Å². The lowest BCUT2D eigenvalue weighted by molar-refractivity contribution is 0.0306. The third-order valence-electron chi connectivity index (χ3n) is 2.23. The Morgan fingerprint density at radius 3 is 2.93 bits per heavy atom. The first-order chi connectivity index (χ1) is 6.49. The topological polar surface area (TPSA) is 95.2 Å². The third kappa shape index (κ3) is 1.33. The Morgan fingerprint density at radius 1 is 1.71 bits per heavy atom. The van der Waals surface area contributed by atoms with E-state index in [1.807, 2.05) is 0 Å². The van der Waals surface area contributed by atoms with Gasteiger partial charge in [-0.1, -0.05) is 0 Å². The second kappa shape index (κ2) is 2.71. The maximum atomic E-state index is 11.1. The SMILES string of the molecule is CC1(O)CN(c2nc[nH]c(=O)c2N)C1. The summed E-state index contributed by atoms with van der Waals surface area (Å²) in [5.74, 6) is 0.445. The van der Waals surface area contributed by atoms with Crippen molar-refractivity contribution >= 4 is 11.5 Å². The van der Waals surface area contributed by atoms with Crippen LogP contribution in [0.5, 0.6) is 0 Å². The Kier molecular flexibility index (Phi) is 1.75. The lowest BCUT2D eigenvalue weighted by atomic mass is 9.97. The minimum Gasteiger partial charge on any atom is -0.391 e. The summed E-state index contributed by atoms with van der Waals surface area (Å²) in [5.41, 5.74) is 4.61. The molecule has 0 atom stereocenters. The Hall–Kier alpha value is -1.56. The molecule has 76 valence electrons. The molecule has 1 saturated heterocycles. The molecule has 0 aromatic carbocycles. The van der Waals surface area contributed by atoms with Gasteiger partial charge in [0.15, 0.2) is 5.82 Å². The number of nitrogens with zero attached hydrogens (tertiary/aromatic N) is 2. The van der Waals surface area contributed by atoms with Gasteiger partial charge < -0.3 is 20.7 Å². The van der Waals surface area contributed by atoms with E-state index in [2.05, 4.69) is 9.97 Å². The van der Waals surface area contributed by atoms with Gasteiger partial charge in [0.1, 0.15) is 5.69 Å². The van der Waals surface area contributed by atoms with Gasteiger partial charge in [0.25, 0.3) is 5.56 Å². The molecule has 1 aromatic rings. The molecule has 0 radical (unpaired) electrons. The van der Waals surface area contributed by atoms with Crippen molar-refractivity contribution in [2.75, 3.05) is 23.7 Å². The Labute approximate surface area is 80.4 Å². The average molecular weight is 196 g/mol. The first-order valence-corrected chi connectivity index (χ1v) is 4.30. The van der Waals surface area contributed by atoms with Gasteiger partial charge in [-0.05, 0) is 6.92 Å². The fourth-order valence-electron chi connectivity index (χ4n) is 1.58. The van der Waals surface area contributed by atoms with E-state index >= 15 is 0 Å². The number of rotatable bonds is 1. The van der Waals surface area contributed by atoms with E-state index < -0.39 is 5.60 Å². The smallest absolute Gasteiger partial charge is 0.276 e. The fourth-order valence-corrected chi connectivity index (χ4v) is 1.58. The summed E-state index contributed by atoms with van der Waals surface area (Å²) in [6.45, 7) is 2.63. The van der Waals surface area contributed by atoms with E-state index in [0.717, 1.165) is 0 Å². The van der Waals surface area contributed by atoms with E-state index in [-0.39, 0.29) is 11.2 Å². The summed E-state index contributed by atoms with van der Waals surface area (Å²) in [4.78, 5) is 19.2. The highest BCUT2D eigenvalue weighted by Gasteiger charge is 2.38. The second-order valence-electron chi connectivity index (χ2n) is 3.82. The standard InChI is InChI=1S/C8H12N4O2/c1-8(14)2-12(3-8)6-5(9)7(13)11-4-10-6/h4,14H,2-3,9H2,1H3,(H,10,11,13). The number of nitrogen functional groups attached to an aromatic ring is 1. The van der Waals surface area contributed by atoms with Crippen LogP contribution < -0.4 is 16.2 Å². The normalized spacial score (nSPS) is 19.1. The maximum Gasteiger partial charge on any atom is 0.276 e. The monoisotopic (exact) mass is 196 g/mol. The molecule has 1 aromatic heterocycles. The molecule has 0 aliphatic carbocycles. The first-order valence-electron chi connectivity index (χ1n) is 4.30. The zero-order valence-corrected chi connectivity index (χ0v) is 7.82. The number of aliphatic hydroxyl groups is 1. The van der Waals surface area contributed by atoms with Crippen molar-refractivity contribution in [3.8, 4) is 0 Å². The summed E-state index contributed by atoms with van der Waals surface area (Å²) in [6.07, 6.45) is 1.31. The molecule has 6 nitrogen and oxygen atoms in total. The minimum absolute atomic E-state index is 0.100. The van der Waals surface area contributed by atoms with Crippen molar-refractivity contribution in [2.24, 2.45) is 0 Å². The second-order valence-corrected chi connectivity index (χ2v) is 3.82. The number of hydrogen-bond acceptors (Lipinski definition) is 5. The molecule has 4 N–H and O–H groups in total. The lowest BCUT2D eigenvalue weighted by Crippen LogP contribution is -2.60. The summed E-state index contributed by atoms with van der Waals surface area (Å²) in [5, 5.41) is 9.51. The number of nitrogens with two attached hydrogens (primary N) is 1. The van der Waals surface area contributed by atoms with Gasteiger partial charge >= 0.3 is 0 Å². The molecule has 1 aliphatic heterocycles. The van der Waals surface area contributed by atoms with Gasteiger partial charge in [0.2, 0.25) is 0 Å². The van der Waals surface area contributed by atoms with Crippen LogP contribution in [0.4, 0.5) is 11.5 Å². The Balaban J connectivity index is 2.27. The van der Waals surface area contributed by atoms with Crippen molar-refractivity contribution in [2.45, 2.75) is 12.5 Å². The van der Waals surface area contributed by atoms with Crippen LogP contribution in [0.3, 0.4) is 0 Å². The van der Waals surface area contributed by atoms with Crippen LogP contribution in [0.15, 0.2) is 11.1 Å². The Morgan fingerprint density at radius 2 is 2.36 bits per heavy atom. The van der Waals surface area contributed by atoms with Crippen LogP contribution in [0, 0.1) is 0 Å².